The number of carboxylic acid groups (broad SMARTS) is 1. The van der Waals surface area contributed by atoms with Gasteiger partial charge in [-0.25, -0.2) is 4.79 Å². The Labute approximate surface area is 141 Å². The van der Waals surface area contributed by atoms with Crippen LogP contribution in [0.5, 0.6) is 0 Å². The van der Waals surface area contributed by atoms with Crippen molar-refractivity contribution in [1.29, 1.82) is 0 Å². The largest absolute Gasteiger partial charge is 0.480 e. The lowest BCUT2D eigenvalue weighted by Crippen LogP contribution is -2.53. The number of ether oxygens (including phenoxy) is 1. The van der Waals surface area contributed by atoms with Gasteiger partial charge in [0.05, 0.1) is 0 Å². The molecule has 0 spiro atoms. The zero-order valence-electron chi connectivity index (χ0n) is 14.1. The molecule has 7 nitrogen and oxygen atoms in total. The third kappa shape index (κ3) is 6.28. The minimum Gasteiger partial charge on any atom is -0.480 e. The Kier molecular flexibility index (Phi) is 7.74. The Balaban J connectivity index is 2.63. The summed E-state index contributed by atoms with van der Waals surface area (Å²) < 4.78 is 5.11. The molecule has 0 aromatic heterocycles. The van der Waals surface area contributed by atoms with Crippen LogP contribution in [-0.4, -0.2) is 35.2 Å². The highest BCUT2D eigenvalue weighted by Crippen LogP contribution is 2.09. The first-order valence-electron chi connectivity index (χ1n) is 7.85. The van der Waals surface area contributed by atoms with Crippen molar-refractivity contribution in [2.45, 2.75) is 45.9 Å². The van der Waals surface area contributed by atoms with Crippen molar-refractivity contribution in [3.63, 3.8) is 0 Å². The van der Waals surface area contributed by atoms with Gasteiger partial charge in [-0.05, 0) is 18.4 Å². The molecule has 3 atom stereocenters. The Bertz CT molecular complexity index is 561. The lowest BCUT2D eigenvalue weighted by atomic mass is 9.98. The number of hydrogen-bond acceptors (Lipinski definition) is 4. The van der Waals surface area contributed by atoms with Gasteiger partial charge < -0.3 is 20.5 Å². The Hall–Kier alpha value is -2.57. The second-order valence-corrected chi connectivity index (χ2v) is 5.64. The molecular weight excluding hydrogens is 312 g/mol. The summed E-state index contributed by atoms with van der Waals surface area (Å²) in [5, 5.41) is 13.8. The molecule has 132 valence electrons. The Morgan fingerprint density at radius 1 is 1.12 bits per heavy atom. The van der Waals surface area contributed by atoms with Crippen molar-refractivity contribution in [2.24, 2.45) is 5.92 Å². The van der Waals surface area contributed by atoms with Crippen LogP contribution in [0.3, 0.4) is 0 Å². The molecule has 0 fully saturated rings. The quantitative estimate of drug-likeness (QED) is 0.673. The summed E-state index contributed by atoms with van der Waals surface area (Å²) in [5.41, 5.74) is 0.830. The van der Waals surface area contributed by atoms with Crippen LogP contribution in [0.15, 0.2) is 30.3 Å². The van der Waals surface area contributed by atoms with Gasteiger partial charge in [0.15, 0.2) is 0 Å². The monoisotopic (exact) mass is 336 g/mol. The molecule has 1 aromatic rings. The van der Waals surface area contributed by atoms with Gasteiger partial charge in [-0.1, -0.05) is 50.6 Å². The number of carbonyl (C=O) groups excluding carboxylic acids is 2. The van der Waals surface area contributed by atoms with Crippen molar-refractivity contribution < 1.29 is 24.2 Å². The molecule has 24 heavy (non-hydrogen) atoms. The number of benzene rings is 1. The molecule has 3 N–H and O–H groups in total. The number of rotatable bonds is 8. The van der Waals surface area contributed by atoms with Gasteiger partial charge in [0.25, 0.3) is 0 Å². The van der Waals surface area contributed by atoms with Crippen molar-refractivity contribution in [2.75, 3.05) is 0 Å². The fourth-order valence-electron chi connectivity index (χ4n) is 1.96. The van der Waals surface area contributed by atoms with E-state index in [-0.39, 0.29) is 12.5 Å². The fraction of sp³-hybridized carbons (Fsp3) is 0.471. The van der Waals surface area contributed by atoms with Gasteiger partial charge in [-0.3, -0.25) is 9.59 Å². The van der Waals surface area contributed by atoms with Crippen LogP contribution in [-0.2, 0) is 20.9 Å². The molecule has 0 aliphatic carbocycles. The molecule has 0 heterocycles. The molecule has 0 radical (unpaired) electrons. The number of carbonyl (C=O) groups is 3. The molecule has 1 rings (SSSR count). The summed E-state index contributed by atoms with van der Waals surface area (Å²) in [6.45, 7) is 5.13. The van der Waals surface area contributed by atoms with Crippen molar-refractivity contribution >= 4 is 18.0 Å². The summed E-state index contributed by atoms with van der Waals surface area (Å²) in [5.74, 6) is -1.86. The van der Waals surface area contributed by atoms with Crippen molar-refractivity contribution in [3.05, 3.63) is 35.9 Å². The number of nitrogens with one attached hydrogen (secondary N) is 2. The predicted molar refractivity (Wildman–Crippen MR) is 88.2 cm³/mol. The first-order chi connectivity index (χ1) is 11.3. The summed E-state index contributed by atoms with van der Waals surface area (Å²) in [6.07, 6.45) is -0.0827. The van der Waals surface area contributed by atoms with Crippen LogP contribution in [0, 0.1) is 5.92 Å². The van der Waals surface area contributed by atoms with Crippen LogP contribution in [0.4, 0.5) is 4.79 Å². The van der Waals surface area contributed by atoms with E-state index in [0.29, 0.717) is 6.42 Å². The highest BCUT2D eigenvalue weighted by atomic mass is 16.5. The first-order valence-corrected chi connectivity index (χ1v) is 7.85. The molecular formula is C17H24N2O5. The number of hydrogen-bond donors (Lipinski definition) is 3. The summed E-state index contributed by atoms with van der Waals surface area (Å²) in [4.78, 5) is 35.0. The zero-order valence-corrected chi connectivity index (χ0v) is 14.1. The van der Waals surface area contributed by atoms with E-state index in [4.69, 9.17) is 9.84 Å². The highest BCUT2D eigenvalue weighted by molar-refractivity contribution is 5.89. The van der Waals surface area contributed by atoms with E-state index >= 15 is 0 Å². The van der Waals surface area contributed by atoms with Gasteiger partial charge in [0.2, 0.25) is 5.91 Å². The molecule has 1 aromatic carbocycles. The van der Waals surface area contributed by atoms with Crippen molar-refractivity contribution in [1.82, 2.24) is 10.6 Å². The van der Waals surface area contributed by atoms with Gasteiger partial charge in [0.1, 0.15) is 18.7 Å². The van der Waals surface area contributed by atoms with E-state index in [2.05, 4.69) is 10.6 Å². The average molecular weight is 336 g/mol. The van der Waals surface area contributed by atoms with Gasteiger partial charge >= 0.3 is 12.1 Å². The smallest absolute Gasteiger partial charge is 0.408 e. The molecule has 2 amide bonds. The van der Waals surface area contributed by atoms with Gasteiger partial charge in [-0.15, -0.1) is 0 Å². The number of aliphatic carboxylic acids is 1. The predicted octanol–water partition coefficient (Wildman–Crippen LogP) is 1.92. The molecule has 0 aliphatic rings. The van der Waals surface area contributed by atoms with Gasteiger partial charge in [0, 0.05) is 0 Å². The van der Waals surface area contributed by atoms with Gasteiger partial charge in [-0.2, -0.15) is 0 Å². The number of alkyl carbamates (subject to hydrolysis) is 1. The van der Waals surface area contributed by atoms with E-state index in [1.807, 2.05) is 37.3 Å². The molecule has 0 bridgehead atoms. The minimum absolute atomic E-state index is 0.0903. The van der Waals surface area contributed by atoms with E-state index in [1.54, 1.807) is 6.92 Å². The van der Waals surface area contributed by atoms with Crippen LogP contribution < -0.4 is 10.6 Å². The first kappa shape index (κ1) is 19.5. The lowest BCUT2D eigenvalue weighted by molar-refractivity contribution is -0.141. The van der Waals surface area contributed by atoms with E-state index in [1.165, 1.54) is 6.92 Å². The zero-order chi connectivity index (χ0) is 18.1. The summed E-state index contributed by atoms with van der Waals surface area (Å²) >= 11 is 0. The molecule has 0 unspecified atom stereocenters. The Morgan fingerprint density at radius 3 is 2.29 bits per heavy atom. The number of amides is 2. The van der Waals surface area contributed by atoms with Crippen LogP contribution in [0.2, 0.25) is 0 Å². The standard InChI is InChI=1S/C17H24N2O5/c1-4-11(2)14(15(20)18-12(3)16(21)22)19-17(23)24-10-13-8-6-5-7-9-13/h5-9,11-12,14H,4,10H2,1-3H3,(H,18,20)(H,19,23)(H,21,22)/t11-,12-,14+/m0/s1. The van der Waals surface area contributed by atoms with E-state index < -0.39 is 30.1 Å². The summed E-state index contributed by atoms with van der Waals surface area (Å²) in [7, 11) is 0. The van der Waals surface area contributed by atoms with Crippen LogP contribution >= 0.6 is 0 Å². The van der Waals surface area contributed by atoms with E-state index in [9.17, 15) is 14.4 Å². The maximum absolute atomic E-state index is 12.2. The van der Waals surface area contributed by atoms with E-state index in [0.717, 1.165) is 5.56 Å². The molecule has 0 aliphatic heterocycles. The second kappa shape index (κ2) is 9.54. The maximum Gasteiger partial charge on any atom is 0.408 e. The number of carboxylic acids is 1. The second-order valence-electron chi connectivity index (χ2n) is 5.64. The van der Waals surface area contributed by atoms with Crippen LogP contribution in [0.1, 0.15) is 32.8 Å². The third-order valence-corrected chi connectivity index (χ3v) is 3.71. The SMILES string of the molecule is CC[C@H](C)[C@@H](NC(=O)OCc1ccccc1)C(=O)N[C@@H](C)C(=O)O. The average Bonchev–Trinajstić information content (AvgIpc) is 2.57. The maximum atomic E-state index is 12.2. The normalized spacial score (nSPS) is 14.1. The highest BCUT2D eigenvalue weighted by Gasteiger charge is 2.28. The minimum atomic E-state index is -1.14. The fourth-order valence-corrected chi connectivity index (χ4v) is 1.96. The molecule has 0 saturated carbocycles. The molecule has 0 saturated heterocycles. The van der Waals surface area contributed by atoms with Crippen LogP contribution in [0.25, 0.3) is 0 Å². The lowest BCUT2D eigenvalue weighted by Gasteiger charge is -2.24. The Morgan fingerprint density at radius 2 is 1.75 bits per heavy atom. The van der Waals surface area contributed by atoms with Crippen molar-refractivity contribution in [3.8, 4) is 0 Å². The third-order valence-electron chi connectivity index (χ3n) is 3.71. The topological polar surface area (TPSA) is 105 Å². The summed E-state index contributed by atoms with van der Waals surface area (Å²) in [6, 6.07) is 7.27. The molecule has 7 heteroatoms.